The van der Waals surface area contributed by atoms with Gasteiger partial charge in [-0.05, 0) is 56.0 Å². The van der Waals surface area contributed by atoms with Crippen LogP contribution in [-0.2, 0) is 6.42 Å². The maximum Gasteiger partial charge on any atom is 0.252 e. The third-order valence-electron chi connectivity index (χ3n) is 5.32. The molecule has 31 heavy (non-hydrogen) atoms. The molecule has 0 radical (unpaired) electrons. The van der Waals surface area contributed by atoms with Crippen molar-refractivity contribution in [2.45, 2.75) is 46.1 Å². The number of carbonyl (C=O) groups excluding carboxylic acids is 1. The van der Waals surface area contributed by atoms with Crippen molar-refractivity contribution in [2.24, 2.45) is 0 Å². The minimum absolute atomic E-state index is 0.0919. The number of hydrogen-bond acceptors (Lipinski definition) is 4. The maximum atomic E-state index is 13.0. The molecule has 7 nitrogen and oxygen atoms in total. The molecule has 3 aromatic heterocycles. The molecule has 160 valence electrons. The topological polar surface area (TPSA) is 77.6 Å². The Kier molecular flexibility index (Phi) is 5.84. The molecule has 1 amide bonds. The van der Waals surface area contributed by atoms with Crippen molar-refractivity contribution < 1.29 is 4.79 Å². The first kappa shape index (κ1) is 20.8. The van der Waals surface area contributed by atoms with Crippen LogP contribution in [0.25, 0.3) is 16.7 Å². The van der Waals surface area contributed by atoms with Crippen molar-refractivity contribution in [1.82, 2.24) is 29.9 Å². The minimum atomic E-state index is -0.0919. The van der Waals surface area contributed by atoms with Crippen LogP contribution >= 0.6 is 0 Å². The molecule has 4 aromatic rings. The quantitative estimate of drug-likeness (QED) is 0.487. The van der Waals surface area contributed by atoms with E-state index in [1.807, 2.05) is 39.8 Å². The molecule has 0 unspecified atom stereocenters. The van der Waals surface area contributed by atoms with Gasteiger partial charge in [0.1, 0.15) is 0 Å². The molecule has 4 rings (SSSR count). The van der Waals surface area contributed by atoms with E-state index < -0.39 is 0 Å². The van der Waals surface area contributed by atoms with E-state index in [-0.39, 0.29) is 17.9 Å². The molecule has 0 fully saturated rings. The van der Waals surface area contributed by atoms with Gasteiger partial charge in [0.05, 0.1) is 22.8 Å². The van der Waals surface area contributed by atoms with E-state index in [0.717, 1.165) is 34.4 Å². The van der Waals surface area contributed by atoms with Crippen LogP contribution in [0.1, 0.15) is 61.3 Å². The fourth-order valence-corrected chi connectivity index (χ4v) is 3.55. The fraction of sp³-hybridized carbons (Fsp3) is 0.333. The zero-order valence-electron chi connectivity index (χ0n) is 18.4. The van der Waals surface area contributed by atoms with Gasteiger partial charge in [-0.1, -0.05) is 26.0 Å². The summed E-state index contributed by atoms with van der Waals surface area (Å²) >= 11 is 0. The third kappa shape index (κ3) is 4.35. The third-order valence-corrected chi connectivity index (χ3v) is 5.32. The van der Waals surface area contributed by atoms with E-state index in [1.54, 1.807) is 12.4 Å². The van der Waals surface area contributed by atoms with Crippen LogP contribution in [0, 0.1) is 0 Å². The normalized spacial score (nSPS) is 11.5. The van der Waals surface area contributed by atoms with Crippen molar-refractivity contribution in [1.29, 1.82) is 0 Å². The molecular formula is C24H28N6O. The summed E-state index contributed by atoms with van der Waals surface area (Å²) in [6.07, 6.45) is 6.17. The van der Waals surface area contributed by atoms with Gasteiger partial charge in [-0.2, -0.15) is 10.2 Å². The van der Waals surface area contributed by atoms with Gasteiger partial charge in [0, 0.05) is 30.7 Å². The lowest BCUT2D eigenvalue weighted by Gasteiger charge is -2.12. The van der Waals surface area contributed by atoms with Crippen LogP contribution in [0.15, 0.2) is 55.0 Å². The highest BCUT2D eigenvalue weighted by atomic mass is 16.1. The van der Waals surface area contributed by atoms with Crippen molar-refractivity contribution in [3.63, 3.8) is 0 Å². The summed E-state index contributed by atoms with van der Waals surface area (Å²) in [6.45, 7) is 8.85. The molecule has 0 aliphatic heterocycles. The van der Waals surface area contributed by atoms with Gasteiger partial charge in [-0.25, -0.2) is 14.3 Å². The van der Waals surface area contributed by atoms with Gasteiger partial charge in [-0.15, -0.1) is 0 Å². The summed E-state index contributed by atoms with van der Waals surface area (Å²) in [5.41, 5.74) is 4.47. The number of pyridine rings is 1. The fourth-order valence-electron chi connectivity index (χ4n) is 3.55. The van der Waals surface area contributed by atoms with Crippen molar-refractivity contribution in [2.75, 3.05) is 6.54 Å². The lowest BCUT2D eigenvalue weighted by Crippen LogP contribution is -2.26. The van der Waals surface area contributed by atoms with Crippen LogP contribution in [0.4, 0.5) is 0 Å². The largest absolute Gasteiger partial charge is 0.352 e. The van der Waals surface area contributed by atoms with E-state index in [4.69, 9.17) is 4.98 Å². The second kappa shape index (κ2) is 8.71. The van der Waals surface area contributed by atoms with Gasteiger partial charge in [0.15, 0.2) is 5.65 Å². The summed E-state index contributed by atoms with van der Waals surface area (Å²) < 4.78 is 3.70. The standard InChI is InChI=1S/C24H28N6O/c1-16(2)22-14-20(21-15-27-30(17(3)4)23(21)28-22)24(31)25-12-10-18-6-8-19(9-7-18)29-13-5-11-26-29/h5-9,11,13-17H,10,12H2,1-4H3,(H,25,31). The summed E-state index contributed by atoms with van der Waals surface area (Å²) in [6, 6.07) is 12.2. The van der Waals surface area contributed by atoms with Gasteiger partial charge < -0.3 is 5.32 Å². The minimum Gasteiger partial charge on any atom is -0.352 e. The number of nitrogens with zero attached hydrogens (tertiary/aromatic N) is 5. The number of nitrogens with one attached hydrogen (secondary N) is 1. The molecule has 0 spiro atoms. The van der Waals surface area contributed by atoms with Crippen molar-refractivity contribution >= 4 is 16.9 Å². The average Bonchev–Trinajstić information content (AvgIpc) is 3.43. The monoisotopic (exact) mass is 416 g/mol. The van der Waals surface area contributed by atoms with E-state index in [2.05, 4.69) is 55.3 Å². The zero-order chi connectivity index (χ0) is 22.0. The number of hydrogen-bond donors (Lipinski definition) is 1. The Bertz CT molecular complexity index is 1170. The summed E-state index contributed by atoms with van der Waals surface area (Å²) in [5.74, 6) is 0.130. The summed E-state index contributed by atoms with van der Waals surface area (Å²) in [5, 5.41) is 12.6. The van der Waals surface area contributed by atoms with E-state index >= 15 is 0 Å². The number of fused-ring (bicyclic) bond motifs is 1. The summed E-state index contributed by atoms with van der Waals surface area (Å²) in [4.78, 5) is 17.8. The van der Waals surface area contributed by atoms with E-state index in [0.29, 0.717) is 12.1 Å². The van der Waals surface area contributed by atoms with Crippen LogP contribution in [0.2, 0.25) is 0 Å². The molecule has 3 heterocycles. The zero-order valence-corrected chi connectivity index (χ0v) is 18.4. The Morgan fingerprint density at radius 1 is 1.10 bits per heavy atom. The first-order valence-electron chi connectivity index (χ1n) is 10.7. The van der Waals surface area contributed by atoms with E-state index in [9.17, 15) is 4.79 Å². The molecular weight excluding hydrogens is 388 g/mol. The van der Waals surface area contributed by atoms with Crippen LogP contribution in [0.3, 0.4) is 0 Å². The van der Waals surface area contributed by atoms with Crippen LogP contribution < -0.4 is 5.32 Å². The molecule has 0 saturated carbocycles. The van der Waals surface area contributed by atoms with Crippen LogP contribution in [-0.4, -0.2) is 37.0 Å². The highest BCUT2D eigenvalue weighted by Gasteiger charge is 2.18. The molecule has 0 bridgehead atoms. The predicted molar refractivity (Wildman–Crippen MR) is 122 cm³/mol. The molecule has 1 aromatic carbocycles. The Morgan fingerprint density at radius 3 is 2.52 bits per heavy atom. The van der Waals surface area contributed by atoms with Crippen molar-refractivity contribution in [3.8, 4) is 5.69 Å². The first-order chi connectivity index (χ1) is 14.9. The smallest absolute Gasteiger partial charge is 0.252 e. The lowest BCUT2D eigenvalue weighted by atomic mass is 10.0. The van der Waals surface area contributed by atoms with Gasteiger partial charge in [0.25, 0.3) is 5.91 Å². The SMILES string of the molecule is CC(C)c1cc(C(=O)NCCc2ccc(-n3cccn3)cc2)c2cnn(C(C)C)c2n1. The number of aromatic nitrogens is 5. The molecule has 1 N–H and O–H groups in total. The number of amides is 1. The molecule has 0 aliphatic carbocycles. The predicted octanol–water partition coefficient (Wildman–Crippen LogP) is 4.29. The van der Waals surface area contributed by atoms with Gasteiger partial charge >= 0.3 is 0 Å². The van der Waals surface area contributed by atoms with E-state index in [1.165, 1.54) is 0 Å². The Hall–Kier alpha value is -3.48. The second-order valence-electron chi connectivity index (χ2n) is 8.29. The second-order valence-corrected chi connectivity index (χ2v) is 8.29. The Labute approximate surface area is 182 Å². The first-order valence-corrected chi connectivity index (χ1v) is 10.7. The highest BCUT2D eigenvalue weighted by molar-refractivity contribution is 6.05. The molecule has 7 heteroatoms. The lowest BCUT2D eigenvalue weighted by molar-refractivity contribution is 0.0955. The Balaban J connectivity index is 1.48. The molecule has 0 atom stereocenters. The van der Waals surface area contributed by atoms with Crippen molar-refractivity contribution in [3.05, 3.63) is 71.8 Å². The van der Waals surface area contributed by atoms with Crippen LogP contribution in [0.5, 0.6) is 0 Å². The number of carbonyl (C=O) groups is 1. The maximum absolute atomic E-state index is 13.0. The number of benzene rings is 1. The van der Waals surface area contributed by atoms with Gasteiger partial charge in [0.2, 0.25) is 0 Å². The molecule has 0 saturated heterocycles. The molecule has 0 aliphatic rings. The number of rotatable bonds is 7. The Morgan fingerprint density at radius 2 is 1.87 bits per heavy atom. The van der Waals surface area contributed by atoms with Gasteiger partial charge in [-0.3, -0.25) is 4.79 Å². The highest BCUT2D eigenvalue weighted by Crippen LogP contribution is 2.24. The summed E-state index contributed by atoms with van der Waals surface area (Å²) in [7, 11) is 0. The average molecular weight is 417 g/mol.